The van der Waals surface area contributed by atoms with Crippen molar-refractivity contribution >= 4 is 39.3 Å². The molecule has 4 aromatic rings. The van der Waals surface area contributed by atoms with Crippen molar-refractivity contribution in [3.63, 3.8) is 0 Å². The lowest BCUT2D eigenvalue weighted by Crippen LogP contribution is -2.40. The molecule has 0 N–H and O–H groups in total. The van der Waals surface area contributed by atoms with Crippen LogP contribution in [0.25, 0.3) is 11.8 Å². The molecule has 0 spiro atoms. The van der Waals surface area contributed by atoms with Gasteiger partial charge in [0, 0.05) is 11.4 Å². The number of para-hydroxylation sites is 1. The van der Waals surface area contributed by atoms with Gasteiger partial charge >= 0.3 is 5.97 Å². The van der Waals surface area contributed by atoms with Crippen molar-refractivity contribution in [2.75, 3.05) is 13.7 Å². The molecule has 0 unspecified atom stereocenters. The van der Waals surface area contributed by atoms with Gasteiger partial charge in [0.05, 0.1) is 45.7 Å². The molecule has 2 aromatic carbocycles. The van der Waals surface area contributed by atoms with Gasteiger partial charge in [-0.2, -0.15) is 0 Å². The average molecular weight is 635 g/mol. The Bertz CT molecular complexity index is 1890. The number of aromatic nitrogens is 2. The highest BCUT2D eigenvalue weighted by atomic mass is 79.9. The van der Waals surface area contributed by atoms with E-state index < -0.39 is 12.0 Å². The van der Waals surface area contributed by atoms with Gasteiger partial charge in [-0.15, -0.1) is 0 Å². The zero-order valence-corrected chi connectivity index (χ0v) is 26.6. The number of esters is 1. The van der Waals surface area contributed by atoms with Crippen LogP contribution in [0.4, 0.5) is 0 Å². The van der Waals surface area contributed by atoms with Crippen LogP contribution in [0.2, 0.25) is 0 Å². The third kappa shape index (κ3) is 5.02. The fourth-order valence-electron chi connectivity index (χ4n) is 5.54. The maximum absolute atomic E-state index is 14.1. The number of aryl methyl sites for hydroxylation is 3. The summed E-state index contributed by atoms with van der Waals surface area (Å²) < 4.78 is 15.9. The standard InChI is InChI=1S/C32H32BrN3O4S/c1-8-40-31(38)27-20(5)34-32-36(29(27)22-12-13-25(39-7)24(33)15-22)30(37)26(41-32)16-23-14-19(4)35(21(23)6)28-17(2)10-9-11-18(28)3/h9-16,29H,8H2,1-7H3/b26-16+/t29-/m1/s1. The van der Waals surface area contributed by atoms with E-state index in [2.05, 4.69) is 72.5 Å². The molecule has 0 saturated heterocycles. The highest BCUT2D eigenvalue weighted by molar-refractivity contribution is 9.10. The second-order valence-corrected chi connectivity index (χ2v) is 12.0. The van der Waals surface area contributed by atoms with Gasteiger partial charge in [0.25, 0.3) is 5.56 Å². The first kappa shape index (κ1) is 28.8. The Morgan fingerprint density at radius 3 is 2.44 bits per heavy atom. The summed E-state index contributed by atoms with van der Waals surface area (Å²) in [7, 11) is 1.59. The number of thiazole rings is 1. The third-order valence-corrected chi connectivity index (χ3v) is 9.03. The SMILES string of the molecule is CCOC(=O)C1=C(C)N=c2s/c(=C/c3cc(C)n(-c4c(C)cccc4C)c3C)c(=O)n2[C@@H]1c1ccc(OC)c(Br)c1. The lowest BCUT2D eigenvalue weighted by atomic mass is 9.96. The Hall–Kier alpha value is -3.69. The van der Waals surface area contributed by atoms with Crippen molar-refractivity contribution in [2.24, 2.45) is 4.99 Å². The number of rotatable bonds is 6. The molecule has 212 valence electrons. The zero-order chi connectivity index (χ0) is 29.6. The maximum Gasteiger partial charge on any atom is 0.338 e. The quantitative estimate of drug-likeness (QED) is 0.259. The number of fused-ring (bicyclic) bond motifs is 1. The van der Waals surface area contributed by atoms with E-state index in [0.29, 0.717) is 26.4 Å². The van der Waals surface area contributed by atoms with Crippen molar-refractivity contribution in [3.05, 3.63) is 112 Å². The van der Waals surface area contributed by atoms with E-state index in [1.807, 2.05) is 24.3 Å². The van der Waals surface area contributed by atoms with Crippen molar-refractivity contribution < 1.29 is 14.3 Å². The van der Waals surface area contributed by atoms with Crippen LogP contribution in [0, 0.1) is 27.7 Å². The Balaban J connectivity index is 1.72. The summed E-state index contributed by atoms with van der Waals surface area (Å²) in [6.07, 6.45) is 1.93. The molecule has 1 atom stereocenters. The van der Waals surface area contributed by atoms with Crippen molar-refractivity contribution in [1.82, 2.24) is 9.13 Å². The molecule has 1 aliphatic rings. The minimum absolute atomic E-state index is 0.211. The van der Waals surface area contributed by atoms with E-state index in [4.69, 9.17) is 14.5 Å². The van der Waals surface area contributed by atoms with Crippen LogP contribution in [-0.4, -0.2) is 28.8 Å². The number of hydrogen-bond acceptors (Lipinski definition) is 6. The Labute approximate surface area is 251 Å². The number of hydrogen-bond donors (Lipinski definition) is 0. The van der Waals surface area contributed by atoms with E-state index >= 15 is 0 Å². The summed E-state index contributed by atoms with van der Waals surface area (Å²) >= 11 is 4.88. The fraction of sp³-hybridized carbons (Fsp3) is 0.281. The largest absolute Gasteiger partial charge is 0.496 e. The highest BCUT2D eigenvalue weighted by Crippen LogP contribution is 2.35. The first-order valence-corrected chi connectivity index (χ1v) is 15.0. The summed E-state index contributed by atoms with van der Waals surface area (Å²) in [6, 6.07) is 13.2. The van der Waals surface area contributed by atoms with E-state index in [-0.39, 0.29) is 12.2 Å². The van der Waals surface area contributed by atoms with Crippen LogP contribution in [0.1, 0.15) is 53.5 Å². The number of carbonyl (C=O) groups excluding carboxylic acids is 1. The number of allylic oxidation sites excluding steroid dienone is 1. The number of benzene rings is 2. The number of nitrogens with zero attached hydrogens (tertiary/aromatic N) is 3. The summed E-state index contributed by atoms with van der Waals surface area (Å²) in [4.78, 5) is 32.5. The second-order valence-electron chi connectivity index (χ2n) is 10.1. The minimum atomic E-state index is -0.697. The van der Waals surface area contributed by atoms with Gasteiger partial charge in [0.2, 0.25) is 0 Å². The molecule has 1 aliphatic heterocycles. The number of halogens is 1. The second kappa shape index (κ2) is 11.3. The molecule has 3 heterocycles. The molecule has 0 amide bonds. The van der Waals surface area contributed by atoms with Crippen molar-refractivity contribution in [1.29, 1.82) is 0 Å². The van der Waals surface area contributed by atoms with Crippen LogP contribution in [-0.2, 0) is 9.53 Å². The average Bonchev–Trinajstić information content (AvgIpc) is 3.37. The van der Waals surface area contributed by atoms with Crippen LogP contribution < -0.4 is 19.6 Å². The Morgan fingerprint density at radius 1 is 1.10 bits per heavy atom. The lowest BCUT2D eigenvalue weighted by Gasteiger charge is -2.25. The number of methoxy groups -OCH3 is 1. The first-order valence-electron chi connectivity index (χ1n) is 13.4. The lowest BCUT2D eigenvalue weighted by molar-refractivity contribution is -0.139. The molecular formula is C32H32BrN3O4S. The molecule has 7 nitrogen and oxygen atoms in total. The Kier molecular flexibility index (Phi) is 7.94. The van der Waals surface area contributed by atoms with Gasteiger partial charge in [-0.1, -0.05) is 35.6 Å². The highest BCUT2D eigenvalue weighted by Gasteiger charge is 2.33. The molecule has 41 heavy (non-hydrogen) atoms. The van der Waals surface area contributed by atoms with Gasteiger partial charge in [0.1, 0.15) is 5.75 Å². The third-order valence-electron chi connectivity index (χ3n) is 7.43. The molecule has 0 saturated carbocycles. The van der Waals surface area contributed by atoms with Gasteiger partial charge in [-0.05, 0) is 104 Å². The van der Waals surface area contributed by atoms with Crippen molar-refractivity contribution in [3.8, 4) is 11.4 Å². The zero-order valence-electron chi connectivity index (χ0n) is 24.2. The fourth-order valence-corrected chi connectivity index (χ4v) is 7.13. The molecule has 2 aromatic heterocycles. The van der Waals surface area contributed by atoms with E-state index in [1.54, 1.807) is 25.5 Å². The summed E-state index contributed by atoms with van der Waals surface area (Å²) in [6.45, 7) is 12.1. The van der Waals surface area contributed by atoms with Gasteiger partial charge < -0.3 is 14.0 Å². The topological polar surface area (TPSA) is 74.8 Å². The summed E-state index contributed by atoms with van der Waals surface area (Å²) in [5.74, 6) is 0.163. The van der Waals surface area contributed by atoms with Crippen LogP contribution in [0.15, 0.2) is 68.0 Å². The molecule has 5 rings (SSSR count). The molecule has 0 aliphatic carbocycles. The smallest absolute Gasteiger partial charge is 0.338 e. The van der Waals surface area contributed by atoms with Crippen LogP contribution >= 0.6 is 27.3 Å². The maximum atomic E-state index is 14.1. The van der Waals surface area contributed by atoms with E-state index in [0.717, 1.165) is 32.7 Å². The molecule has 0 bridgehead atoms. The summed E-state index contributed by atoms with van der Waals surface area (Å²) in [5, 5.41) is 0. The number of carbonyl (C=O) groups is 1. The van der Waals surface area contributed by atoms with Crippen LogP contribution in [0.3, 0.4) is 0 Å². The molecule has 0 radical (unpaired) electrons. The van der Waals surface area contributed by atoms with Gasteiger partial charge in [-0.3, -0.25) is 9.36 Å². The van der Waals surface area contributed by atoms with Crippen molar-refractivity contribution in [2.45, 2.75) is 47.6 Å². The summed E-state index contributed by atoms with van der Waals surface area (Å²) in [5.41, 5.74) is 8.02. The molecular weight excluding hydrogens is 602 g/mol. The monoisotopic (exact) mass is 633 g/mol. The number of ether oxygens (including phenoxy) is 2. The van der Waals surface area contributed by atoms with Gasteiger partial charge in [-0.25, -0.2) is 9.79 Å². The normalized spacial score (nSPS) is 15.1. The van der Waals surface area contributed by atoms with Gasteiger partial charge in [0.15, 0.2) is 4.80 Å². The molecule has 9 heteroatoms. The predicted molar refractivity (Wildman–Crippen MR) is 166 cm³/mol. The Morgan fingerprint density at radius 2 is 1.80 bits per heavy atom. The van der Waals surface area contributed by atoms with E-state index in [9.17, 15) is 9.59 Å². The van der Waals surface area contributed by atoms with Crippen LogP contribution in [0.5, 0.6) is 5.75 Å². The minimum Gasteiger partial charge on any atom is -0.496 e. The first-order chi connectivity index (χ1) is 19.6. The molecule has 0 fully saturated rings. The van der Waals surface area contributed by atoms with E-state index in [1.165, 1.54) is 22.5 Å². The predicted octanol–water partition coefficient (Wildman–Crippen LogP) is 5.59.